The van der Waals surface area contributed by atoms with Crippen LogP contribution in [0.4, 0.5) is 13.2 Å². The number of carbonyl (C=O) groups is 2. The van der Waals surface area contributed by atoms with Crippen LogP contribution < -0.4 is 0 Å². The van der Waals surface area contributed by atoms with Gasteiger partial charge in [-0.05, 0) is 25.0 Å². The third kappa shape index (κ3) is 3.68. The topological polar surface area (TPSA) is 88.3 Å². The van der Waals surface area contributed by atoms with Gasteiger partial charge in [0, 0.05) is 25.5 Å². The molecule has 1 aliphatic rings. The van der Waals surface area contributed by atoms with Crippen LogP contribution in [0.2, 0.25) is 0 Å². The molecule has 1 aliphatic heterocycles. The number of halogens is 3. The summed E-state index contributed by atoms with van der Waals surface area (Å²) in [7, 11) is 0. The first-order valence-corrected chi connectivity index (χ1v) is 7.85. The summed E-state index contributed by atoms with van der Waals surface area (Å²) in [5.74, 6) is -1.44. The molecule has 0 unspecified atom stereocenters. The van der Waals surface area contributed by atoms with E-state index in [9.17, 15) is 22.8 Å². The van der Waals surface area contributed by atoms with E-state index in [1.165, 1.54) is 12.4 Å². The van der Waals surface area contributed by atoms with Crippen LogP contribution in [-0.4, -0.2) is 49.7 Å². The van der Waals surface area contributed by atoms with Gasteiger partial charge in [0.15, 0.2) is 0 Å². The Morgan fingerprint density at radius 3 is 2.31 bits per heavy atom. The fraction of sp³-hybridized carbons (Fsp3) is 0.375. The van der Waals surface area contributed by atoms with Crippen molar-refractivity contribution in [3.05, 3.63) is 47.5 Å². The quantitative estimate of drug-likeness (QED) is 0.899. The van der Waals surface area contributed by atoms with Crippen LogP contribution in [0.25, 0.3) is 0 Å². The molecule has 1 saturated heterocycles. The number of nitrogens with zero attached hydrogens (tertiary/aromatic N) is 4. The Hall–Kier alpha value is -2.91. The van der Waals surface area contributed by atoms with Crippen LogP contribution in [0.1, 0.15) is 45.3 Å². The van der Waals surface area contributed by atoms with Crippen molar-refractivity contribution in [3.8, 4) is 0 Å². The summed E-state index contributed by atoms with van der Waals surface area (Å²) in [5.41, 5.74) is -0.844. The largest absolute Gasteiger partial charge is 0.478 e. The minimum atomic E-state index is -4.54. The molecule has 0 bridgehead atoms. The van der Waals surface area contributed by atoms with Crippen molar-refractivity contribution < 1.29 is 27.9 Å². The standard InChI is InChI=1S/C16H15F3N4O3/c17-16(18,19)13-2-1-10(7-20-13)14(24)22-5-3-12(4-6-22)23-9-11(8-21-23)15(25)26/h1-2,7-9,12H,3-6H2,(H,25,26). The van der Waals surface area contributed by atoms with Crippen molar-refractivity contribution in [3.63, 3.8) is 0 Å². The van der Waals surface area contributed by atoms with Gasteiger partial charge in [0.2, 0.25) is 0 Å². The lowest BCUT2D eigenvalue weighted by atomic mass is 10.0. The number of hydrogen-bond donors (Lipinski definition) is 1. The summed E-state index contributed by atoms with van der Waals surface area (Å²) in [5, 5.41) is 13.0. The zero-order valence-electron chi connectivity index (χ0n) is 13.5. The highest BCUT2D eigenvalue weighted by Gasteiger charge is 2.33. The highest BCUT2D eigenvalue weighted by Crippen LogP contribution is 2.28. The van der Waals surface area contributed by atoms with Crippen LogP contribution in [0.15, 0.2) is 30.7 Å². The summed E-state index contributed by atoms with van der Waals surface area (Å²) in [4.78, 5) is 28.2. The lowest BCUT2D eigenvalue weighted by molar-refractivity contribution is -0.141. The van der Waals surface area contributed by atoms with Gasteiger partial charge in [0.25, 0.3) is 5.91 Å². The molecule has 1 amide bonds. The maximum Gasteiger partial charge on any atom is 0.433 e. The monoisotopic (exact) mass is 368 g/mol. The molecule has 0 saturated carbocycles. The minimum absolute atomic E-state index is 0.0297. The van der Waals surface area contributed by atoms with Gasteiger partial charge in [-0.2, -0.15) is 18.3 Å². The molecule has 26 heavy (non-hydrogen) atoms. The SMILES string of the molecule is O=C(O)c1cnn(C2CCN(C(=O)c3ccc(C(F)(F)F)nc3)CC2)c1. The first-order chi connectivity index (χ1) is 12.3. The molecule has 3 rings (SSSR count). The first-order valence-electron chi connectivity index (χ1n) is 7.85. The van der Waals surface area contributed by atoms with Crippen molar-refractivity contribution in [2.75, 3.05) is 13.1 Å². The molecule has 2 aromatic heterocycles. The summed E-state index contributed by atoms with van der Waals surface area (Å²) < 4.78 is 39.2. The molecule has 0 aromatic carbocycles. The van der Waals surface area contributed by atoms with Crippen LogP contribution in [0, 0.1) is 0 Å². The number of pyridine rings is 1. The molecular formula is C16H15F3N4O3. The van der Waals surface area contributed by atoms with Gasteiger partial charge in [-0.1, -0.05) is 0 Å². The van der Waals surface area contributed by atoms with E-state index in [4.69, 9.17) is 5.11 Å². The molecule has 2 aromatic rings. The maximum atomic E-state index is 12.5. The number of alkyl halides is 3. The van der Waals surface area contributed by atoms with E-state index in [-0.39, 0.29) is 23.1 Å². The van der Waals surface area contributed by atoms with Crippen LogP contribution in [0.5, 0.6) is 0 Å². The van der Waals surface area contributed by atoms with Crippen LogP contribution >= 0.6 is 0 Å². The maximum absolute atomic E-state index is 12.5. The minimum Gasteiger partial charge on any atom is -0.478 e. The Labute approximate surface area is 146 Å². The van der Waals surface area contributed by atoms with Gasteiger partial charge >= 0.3 is 12.1 Å². The zero-order chi connectivity index (χ0) is 18.9. The number of aromatic carboxylic acids is 1. The fourth-order valence-electron chi connectivity index (χ4n) is 2.85. The van der Waals surface area contributed by atoms with Crippen molar-refractivity contribution >= 4 is 11.9 Å². The summed E-state index contributed by atoms with van der Waals surface area (Å²) in [6, 6.07) is 1.88. The Balaban J connectivity index is 1.62. The van der Waals surface area contributed by atoms with Crippen molar-refractivity contribution in [1.82, 2.24) is 19.7 Å². The van der Waals surface area contributed by atoms with E-state index in [1.807, 2.05) is 0 Å². The normalized spacial score (nSPS) is 15.9. The average Bonchev–Trinajstić information content (AvgIpc) is 3.11. The van der Waals surface area contributed by atoms with Crippen LogP contribution in [0.3, 0.4) is 0 Å². The number of hydrogen-bond acceptors (Lipinski definition) is 4. The molecule has 10 heteroatoms. The molecule has 0 radical (unpaired) electrons. The fourth-order valence-corrected chi connectivity index (χ4v) is 2.85. The number of amides is 1. The predicted octanol–water partition coefficient (Wildman–Crippen LogP) is 2.47. The van der Waals surface area contributed by atoms with Gasteiger partial charge in [0.05, 0.1) is 23.4 Å². The van der Waals surface area contributed by atoms with Gasteiger partial charge in [-0.25, -0.2) is 4.79 Å². The van der Waals surface area contributed by atoms with E-state index in [0.29, 0.717) is 25.9 Å². The Morgan fingerprint density at radius 1 is 1.12 bits per heavy atom. The molecule has 0 spiro atoms. The number of likely N-dealkylation sites (tertiary alicyclic amines) is 1. The molecular weight excluding hydrogens is 353 g/mol. The van der Waals surface area contributed by atoms with E-state index >= 15 is 0 Å². The zero-order valence-corrected chi connectivity index (χ0v) is 13.5. The molecule has 0 atom stereocenters. The number of piperidine rings is 1. The van der Waals surface area contributed by atoms with Gasteiger partial charge in [-0.3, -0.25) is 14.5 Å². The Kier molecular flexibility index (Phi) is 4.66. The Bertz CT molecular complexity index is 809. The van der Waals surface area contributed by atoms with Crippen molar-refractivity contribution in [2.45, 2.75) is 25.1 Å². The summed E-state index contributed by atoms with van der Waals surface area (Å²) >= 11 is 0. The number of aromatic nitrogens is 3. The lowest BCUT2D eigenvalue weighted by Crippen LogP contribution is -2.39. The van der Waals surface area contributed by atoms with E-state index in [1.54, 1.807) is 9.58 Å². The predicted molar refractivity (Wildman–Crippen MR) is 82.6 cm³/mol. The Morgan fingerprint density at radius 2 is 1.81 bits per heavy atom. The number of rotatable bonds is 3. The highest BCUT2D eigenvalue weighted by atomic mass is 19.4. The number of carboxylic acids is 1. The highest BCUT2D eigenvalue weighted by molar-refractivity contribution is 5.94. The molecule has 1 N–H and O–H groups in total. The summed E-state index contributed by atoms with van der Waals surface area (Å²) in [6.07, 6.45) is 0.251. The molecule has 7 nitrogen and oxygen atoms in total. The smallest absolute Gasteiger partial charge is 0.433 e. The second-order valence-corrected chi connectivity index (χ2v) is 5.97. The third-order valence-corrected chi connectivity index (χ3v) is 4.28. The third-order valence-electron chi connectivity index (χ3n) is 4.28. The van der Waals surface area contributed by atoms with E-state index in [2.05, 4.69) is 10.1 Å². The number of carboxylic acid groups (broad SMARTS) is 1. The van der Waals surface area contributed by atoms with Crippen molar-refractivity contribution in [1.29, 1.82) is 0 Å². The van der Waals surface area contributed by atoms with Gasteiger partial charge in [-0.15, -0.1) is 0 Å². The lowest BCUT2D eigenvalue weighted by Gasteiger charge is -2.32. The van der Waals surface area contributed by atoms with E-state index < -0.39 is 17.8 Å². The molecule has 138 valence electrons. The number of carbonyl (C=O) groups excluding carboxylic acids is 1. The molecule has 3 heterocycles. The van der Waals surface area contributed by atoms with Gasteiger partial charge in [0.1, 0.15) is 5.69 Å². The summed E-state index contributed by atoms with van der Waals surface area (Å²) in [6.45, 7) is 0.791. The first kappa shape index (κ1) is 17.9. The second kappa shape index (κ2) is 6.77. The molecule has 1 fully saturated rings. The van der Waals surface area contributed by atoms with Crippen molar-refractivity contribution in [2.24, 2.45) is 0 Å². The van der Waals surface area contributed by atoms with E-state index in [0.717, 1.165) is 18.3 Å². The van der Waals surface area contributed by atoms with Gasteiger partial charge < -0.3 is 10.0 Å². The molecule has 0 aliphatic carbocycles. The average molecular weight is 368 g/mol. The second-order valence-electron chi connectivity index (χ2n) is 5.97. The van der Waals surface area contributed by atoms with Crippen LogP contribution in [-0.2, 0) is 6.18 Å².